The van der Waals surface area contributed by atoms with Crippen LogP contribution in [0.5, 0.6) is 0 Å². The highest BCUT2D eigenvalue weighted by molar-refractivity contribution is 9.10. The highest BCUT2D eigenvalue weighted by Gasteiger charge is 2.49. The molecule has 0 saturated carbocycles. The number of amides is 2. The second kappa shape index (κ2) is 6.09. The van der Waals surface area contributed by atoms with Gasteiger partial charge in [0.05, 0.1) is 11.6 Å². The van der Waals surface area contributed by atoms with Crippen molar-refractivity contribution in [1.29, 1.82) is 0 Å². The maximum Gasteiger partial charge on any atom is 0.240 e. The quantitative estimate of drug-likeness (QED) is 0.726. The van der Waals surface area contributed by atoms with E-state index in [0.717, 1.165) is 15.8 Å². The van der Waals surface area contributed by atoms with Gasteiger partial charge in [0.2, 0.25) is 17.7 Å². The van der Waals surface area contributed by atoms with Gasteiger partial charge in [-0.15, -0.1) is 0 Å². The Morgan fingerprint density at radius 3 is 2.44 bits per heavy atom. The van der Waals surface area contributed by atoms with Gasteiger partial charge < -0.3 is 4.42 Å². The molecule has 0 bridgehead atoms. The lowest BCUT2D eigenvalue weighted by molar-refractivity contribution is -0.140. The minimum Gasteiger partial charge on any atom is -0.443 e. The Kier molecular flexibility index (Phi) is 4.35. The summed E-state index contributed by atoms with van der Waals surface area (Å²) >= 11 is 3.39. The van der Waals surface area contributed by atoms with E-state index in [4.69, 9.17) is 4.42 Å². The zero-order valence-electron chi connectivity index (χ0n) is 14.8. The smallest absolute Gasteiger partial charge is 0.240 e. The Bertz CT molecular complexity index is 820. The summed E-state index contributed by atoms with van der Waals surface area (Å²) in [5.41, 5.74) is -0.188. The Morgan fingerprint density at radius 1 is 1.24 bits per heavy atom. The molecule has 1 aromatic heterocycles. The van der Waals surface area contributed by atoms with Crippen LogP contribution in [0.1, 0.15) is 51.3 Å². The van der Waals surface area contributed by atoms with Crippen LogP contribution in [-0.4, -0.2) is 21.7 Å². The summed E-state index contributed by atoms with van der Waals surface area (Å²) in [5, 5.41) is 0. The van der Waals surface area contributed by atoms with Gasteiger partial charge in [0, 0.05) is 16.3 Å². The lowest BCUT2D eigenvalue weighted by Gasteiger charge is -2.22. The third-order valence-corrected chi connectivity index (χ3v) is 5.12. The summed E-state index contributed by atoms with van der Waals surface area (Å²) < 4.78 is 6.67. The van der Waals surface area contributed by atoms with Gasteiger partial charge in [0.25, 0.3) is 0 Å². The number of carbonyl (C=O) groups excluding carboxylic acids is 2. The molecule has 6 heteroatoms. The number of hydrogen-bond acceptors (Lipinski definition) is 4. The second-order valence-electron chi connectivity index (χ2n) is 7.67. The molecule has 1 aromatic carbocycles. The molecular weight excluding hydrogens is 384 g/mol. The first-order valence-electron chi connectivity index (χ1n) is 8.17. The minimum atomic E-state index is -0.850. The van der Waals surface area contributed by atoms with Crippen molar-refractivity contribution in [2.45, 2.75) is 51.5 Å². The molecule has 0 N–H and O–H groups in total. The highest BCUT2D eigenvalue weighted by atomic mass is 79.9. The molecule has 5 nitrogen and oxygen atoms in total. The maximum absolute atomic E-state index is 13.0. The van der Waals surface area contributed by atoms with Crippen molar-refractivity contribution in [3.8, 4) is 0 Å². The van der Waals surface area contributed by atoms with Gasteiger partial charge in [0.1, 0.15) is 12.3 Å². The number of oxazole rings is 1. The monoisotopic (exact) mass is 404 g/mol. The van der Waals surface area contributed by atoms with Crippen LogP contribution < -0.4 is 0 Å². The number of imide groups is 1. The average molecular weight is 405 g/mol. The average Bonchev–Trinajstić information content (AvgIpc) is 3.08. The van der Waals surface area contributed by atoms with Gasteiger partial charge >= 0.3 is 0 Å². The van der Waals surface area contributed by atoms with E-state index in [0.29, 0.717) is 5.89 Å². The Labute approximate surface area is 155 Å². The molecule has 0 spiro atoms. The summed E-state index contributed by atoms with van der Waals surface area (Å²) in [6, 6.07) is 7.51. The number of rotatable bonds is 3. The van der Waals surface area contributed by atoms with Crippen molar-refractivity contribution in [2.24, 2.45) is 0 Å². The van der Waals surface area contributed by atoms with Gasteiger partial charge in [0.15, 0.2) is 0 Å². The van der Waals surface area contributed by atoms with Crippen LogP contribution in [0.25, 0.3) is 0 Å². The van der Waals surface area contributed by atoms with E-state index >= 15 is 0 Å². The number of benzene rings is 1. The summed E-state index contributed by atoms with van der Waals surface area (Å²) in [6.07, 6.45) is 1.81. The molecule has 2 aromatic rings. The van der Waals surface area contributed by atoms with E-state index in [9.17, 15) is 9.59 Å². The largest absolute Gasteiger partial charge is 0.443 e. The normalized spacial score (nSPS) is 21.2. The fourth-order valence-electron chi connectivity index (χ4n) is 2.95. The van der Waals surface area contributed by atoms with Crippen LogP contribution in [-0.2, 0) is 27.0 Å². The van der Waals surface area contributed by atoms with E-state index in [1.807, 2.05) is 52.0 Å². The number of nitrogens with zero attached hydrogens (tertiary/aromatic N) is 2. The molecule has 0 unspecified atom stereocenters. The summed E-state index contributed by atoms with van der Waals surface area (Å²) in [5.74, 6) is 0.699. The third kappa shape index (κ3) is 3.27. The van der Waals surface area contributed by atoms with Gasteiger partial charge in [-0.25, -0.2) is 4.98 Å². The van der Waals surface area contributed by atoms with Crippen LogP contribution >= 0.6 is 15.9 Å². The standard InChI is InChI=1S/C19H21BrN2O3/c1-18(2,3)14-10-21-15(25-14)11-22-16(23)9-19(4,17(22)24)12-5-7-13(20)8-6-12/h5-8,10H,9,11H2,1-4H3/t19-/m1/s1. The number of halogens is 1. The lowest BCUT2D eigenvalue weighted by atomic mass is 9.81. The SMILES string of the molecule is CC(C)(C)c1cnc(CN2C(=O)C[C@](C)(c3ccc(Br)cc3)C2=O)o1. The predicted molar refractivity (Wildman–Crippen MR) is 96.9 cm³/mol. The molecule has 0 radical (unpaired) electrons. The number of hydrogen-bond donors (Lipinski definition) is 0. The van der Waals surface area contributed by atoms with E-state index in [-0.39, 0.29) is 30.2 Å². The number of likely N-dealkylation sites (tertiary alicyclic amines) is 1. The fraction of sp³-hybridized carbons (Fsp3) is 0.421. The van der Waals surface area contributed by atoms with E-state index in [2.05, 4.69) is 20.9 Å². The number of aromatic nitrogens is 1. The van der Waals surface area contributed by atoms with Crippen LogP contribution in [0.4, 0.5) is 0 Å². The van der Waals surface area contributed by atoms with Crippen LogP contribution in [0.15, 0.2) is 39.4 Å². The Morgan fingerprint density at radius 2 is 1.88 bits per heavy atom. The van der Waals surface area contributed by atoms with E-state index in [1.54, 1.807) is 6.20 Å². The lowest BCUT2D eigenvalue weighted by Crippen LogP contribution is -2.36. The van der Waals surface area contributed by atoms with Gasteiger partial charge in [-0.1, -0.05) is 48.8 Å². The molecule has 1 aliphatic heterocycles. The van der Waals surface area contributed by atoms with Crippen molar-refractivity contribution in [3.05, 3.63) is 52.1 Å². The fourth-order valence-corrected chi connectivity index (χ4v) is 3.22. The van der Waals surface area contributed by atoms with Gasteiger partial charge in [-0.05, 0) is 24.6 Å². The van der Waals surface area contributed by atoms with Gasteiger partial charge in [-0.3, -0.25) is 14.5 Å². The molecule has 0 aliphatic carbocycles. The summed E-state index contributed by atoms with van der Waals surface area (Å²) in [7, 11) is 0. The molecule has 1 atom stereocenters. The van der Waals surface area contributed by atoms with Crippen molar-refractivity contribution in [1.82, 2.24) is 9.88 Å². The maximum atomic E-state index is 13.0. The number of carbonyl (C=O) groups is 2. The highest BCUT2D eigenvalue weighted by Crippen LogP contribution is 2.37. The molecule has 2 heterocycles. The van der Waals surface area contributed by atoms with E-state index in [1.165, 1.54) is 4.90 Å². The first-order valence-corrected chi connectivity index (χ1v) is 8.96. The molecule has 1 saturated heterocycles. The molecule has 1 fully saturated rings. The molecule has 1 aliphatic rings. The summed E-state index contributed by atoms with van der Waals surface area (Å²) in [6.45, 7) is 7.95. The Balaban J connectivity index is 1.84. The van der Waals surface area contributed by atoms with Crippen LogP contribution in [0, 0.1) is 0 Å². The topological polar surface area (TPSA) is 63.4 Å². The van der Waals surface area contributed by atoms with E-state index < -0.39 is 5.41 Å². The van der Waals surface area contributed by atoms with Crippen molar-refractivity contribution in [2.75, 3.05) is 0 Å². The first-order chi connectivity index (χ1) is 11.6. The zero-order chi connectivity index (χ0) is 18.4. The van der Waals surface area contributed by atoms with Gasteiger partial charge in [-0.2, -0.15) is 0 Å². The molecule has 132 valence electrons. The molecule has 2 amide bonds. The van der Waals surface area contributed by atoms with Crippen LogP contribution in [0.2, 0.25) is 0 Å². The molecular formula is C19H21BrN2O3. The predicted octanol–water partition coefficient (Wildman–Crippen LogP) is 3.95. The zero-order valence-corrected chi connectivity index (χ0v) is 16.4. The third-order valence-electron chi connectivity index (χ3n) is 4.59. The first kappa shape index (κ1) is 17.9. The molecule has 3 rings (SSSR count). The molecule has 25 heavy (non-hydrogen) atoms. The second-order valence-corrected chi connectivity index (χ2v) is 8.58. The minimum absolute atomic E-state index is 0.0693. The summed E-state index contributed by atoms with van der Waals surface area (Å²) in [4.78, 5) is 30.9. The van der Waals surface area contributed by atoms with Crippen LogP contribution in [0.3, 0.4) is 0 Å². The van der Waals surface area contributed by atoms with Crippen molar-refractivity contribution < 1.29 is 14.0 Å². The van der Waals surface area contributed by atoms with Crippen molar-refractivity contribution >= 4 is 27.7 Å². The Hall–Kier alpha value is -1.95. The van der Waals surface area contributed by atoms with Crippen molar-refractivity contribution in [3.63, 3.8) is 0 Å².